The van der Waals surface area contributed by atoms with Crippen LogP contribution in [0.15, 0.2) is 18.2 Å². The molecule has 2 aliphatic rings. The molecule has 2 saturated carbocycles. The van der Waals surface area contributed by atoms with Crippen LogP contribution < -0.4 is 0 Å². The predicted molar refractivity (Wildman–Crippen MR) is 113 cm³/mol. The highest BCUT2D eigenvalue weighted by Gasteiger charge is 2.35. The van der Waals surface area contributed by atoms with Crippen LogP contribution in [0.5, 0.6) is 0 Å². The number of rotatable bonds is 8. The van der Waals surface area contributed by atoms with Crippen molar-refractivity contribution in [1.82, 2.24) is 14.7 Å². The highest BCUT2D eigenvalue weighted by molar-refractivity contribution is 5.83. The van der Waals surface area contributed by atoms with Crippen LogP contribution in [0.25, 0.3) is 10.9 Å². The molecule has 2 aromatic rings. The van der Waals surface area contributed by atoms with Crippen molar-refractivity contribution >= 4 is 17.0 Å². The standard InChI is InChI=1S/C23H33N3O3/c1-23(2,3)29-22(27)25(18-9-10-18)15-16-6-11-19-20(14-16)26(12-5-13-28-4)24-21(19)17-7-8-17/h6,11,14,17-18H,5,7-10,12-13,15H2,1-4H3. The van der Waals surface area contributed by atoms with Crippen LogP contribution in [-0.4, -0.2) is 46.1 Å². The second-order valence-electron chi connectivity index (χ2n) is 9.42. The molecule has 1 aromatic carbocycles. The molecule has 0 N–H and O–H groups in total. The van der Waals surface area contributed by atoms with Crippen LogP contribution in [-0.2, 0) is 22.6 Å². The van der Waals surface area contributed by atoms with Crippen molar-refractivity contribution in [3.05, 3.63) is 29.5 Å². The lowest BCUT2D eigenvalue weighted by molar-refractivity contribution is 0.0217. The number of methoxy groups -OCH3 is 1. The van der Waals surface area contributed by atoms with Crippen molar-refractivity contribution in [2.24, 2.45) is 0 Å². The van der Waals surface area contributed by atoms with E-state index in [2.05, 4.69) is 22.9 Å². The third kappa shape index (κ3) is 4.92. The summed E-state index contributed by atoms with van der Waals surface area (Å²) >= 11 is 0. The molecule has 2 fully saturated rings. The van der Waals surface area contributed by atoms with E-state index in [4.69, 9.17) is 14.6 Å². The molecule has 0 spiro atoms. The van der Waals surface area contributed by atoms with Gasteiger partial charge in [0.05, 0.1) is 11.2 Å². The van der Waals surface area contributed by atoms with Gasteiger partial charge in [0.1, 0.15) is 5.60 Å². The highest BCUT2D eigenvalue weighted by Crippen LogP contribution is 2.42. The second kappa shape index (κ2) is 7.98. The molecular weight excluding hydrogens is 366 g/mol. The topological polar surface area (TPSA) is 56.6 Å². The molecule has 158 valence electrons. The van der Waals surface area contributed by atoms with Gasteiger partial charge in [-0.05, 0) is 64.5 Å². The lowest BCUT2D eigenvalue weighted by Crippen LogP contribution is -2.37. The molecule has 0 saturated heterocycles. The van der Waals surface area contributed by atoms with E-state index in [1.807, 2.05) is 25.7 Å². The molecule has 4 rings (SSSR count). The summed E-state index contributed by atoms with van der Waals surface area (Å²) in [6.45, 7) is 7.91. The van der Waals surface area contributed by atoms with Gasteiger partial charge in [-0.3, -0.25) is 4.68 Å². The molecule has 2 aliphatic carbocycles. The molecule has 0 atom stereocenters. The number of hydrogen-bond acceptors (Lipinski definition) is 4. The van der Waals surface area contributed by atoms with E-state index in [9.17, 15) is 4.79 Å². The zero-order chi connectivity index (χ0) is 20.6. The molecule has 0 bridgehead atoms. The highest BCUT2D eigenvalue weighted by atomic mass is 16.6. The minimum atomic E-state index is -0.479. The van der Waals surface area contributed by atoms with E-state index in [1.54, 1.807) is 7.11 Å². The molecule has 0 unspecified atom stereocenters. The van der Waals surface area contributed by atoms with Gasteiger partial charge < -0.3 is 14.4 Å². The average Bonchev–Trinajstić information content (AvgIpc) is 3.56. The monoisotopic (exact) mass is 399 g/mol. The number of aromatic nitrogens is 2. The van der Waals surface area contributed by atoms with Crippen LogP contribution in [0.2, 0.25) is 0 Å². The maximum atomic E-state index is 12.7. The van der Waals surface area contributed by atoms with Gasteiger partial charge in [0, 0.05) is 44.2 Å². The Morgan fingerprint density at radius 2 is 2.00 bits per heavy atom. The molecule has 1 aromatic heterocycles. The fourth-order valence-electron chi connectivity index (χ4n) is 3.78. The first-order valence-electron chi connectivity index (χ1n) is 10.8. The average molecular weight is 400 g/mol. The van der Waals surface area contributed by atoms with Crippen molar-refractivity contribution in [2.45, 2.75) is 83.5 Å². The van der Waals surface area contributed by atoms with Crippen LogP contribution in [0.1, 0.15) is 70.1 Å². The van der Waals surface area contributed by atoms with E-state index in [1.165, 1.54) is 29.4 Å². The number of nitrogens with zero attached hydrogens (tertiary/aromatic N) is 3. The summed E-state index contributed by atoms with van der Waals surface area (Å²) in [4.78, 5) is 14.6. The smallest absolute Gasteiger partial charge is 0.410 e. The van der Waals surface area contributed by atoms with Crippen molar-refractivity contribution in [2.75, 3.05) is 13.7 Å². The molecule has 0 aliphatic heterocycles. The van der Waals surface area contributed by atoms with Crippen molar-refractivity contribution < 1.29 is 14.3 Å². The number of hydrogen-bond donors (Lipinski definition) is 0. The van der Waals surface area contributed by atoms with Gasteiger partial charge in [0.15, 0.2) is 0 Å². The van der Waals surface area contributed by atoms with E-state index in [0.717, 1.165) is 38.0 Å². The van der Waals surface area contributed by atoms with Gasteiger partial charge in [-0.25, -0.2) is 4.79 Å². The Kier molecular flexibility index (Phi) is 5.56. The first-order valence-corrected chi connectivity index (χ1v) is 10.8. The van der Waals surface area contributed by atoms with Gasteiger partial charge in [0.2, 0.25) is 0 Å². The summed E-state index contributed by atoms with van der Waals surface area (Å²) in [5.74, 6) is 0.608. The van der Waals surface area contributed by atoms with Gasteiger partial charge in [0.25, 0.3) is 0 Å². The molecule has 1 amide bonds. The number of fused-ring (bicyclic) bond motifs is 1. The fraction of sp³-hybridized carbons (Fsp3) is 0.652. The Labute approximate surface area is 173 Å². The normalized spacial score (nSPS) is 17.0. The van der Waals surface area contributed by atoms with Gasteiger partial charge in [-0.1, -0.05) is 12.1 Å². The molecule has 6 heteroatoms. The van der Waals surface area contributed by atoms with E-state index < -0.39 is 5.60 Å². The van der Waals surface area contributed by atoms with E-state index >= 15 is 0 Å². The Morgan fingerprint density at radius 1 is 1.24 bits per heavy atom. The Balaban J connectivity index is 1.58. The van der Waals surface area contributed by atoms with E-state index in [0.29, 0.717) is 18.5 Å². The van der Waals surface area contributed by atoms with Crippen molar-refractivity contribution in [3.8, 4) is 0 Å². The minimum Gasteiger partial charge on any atom is -0.444 e. The molecule has 1 heterocycles. The Morgan fingerprint density at radius 3 is 2.62 bits per heavy atom. The fourth-order valence-corrected chi connectivity index (χ4v) is 3.78. The summed E-state index contributed by atoms with van der Waals surface area (Å²) in [7, 11) is 1.73. The first kappa shape index (κ1) is 20.2. The lowest BCUT2D eigenvalue weighted by Gasteiger charge is -2.27. The summed E-state index contributed by atoms with van der Waals surface area (Å²) in [5.41, 5.74) is 3.05. The van der Waals surface area contributed by atoms with Crippen molar-refractivity contribution in [3.63, 3.8) is 0 Å². The summed E-state index contributed by atoms with van der Waals surface area (Å²) < 4.78 is 13.0. The van der Waals surface area contributed by atoms with E-state index in [-0.39, 0.29) is 6.09 Å². The predicted octanol–water partition coefficient (Wildman–Crippen LogP) is 4.85. The third-order valence-corrected chi connectivity index (χ3v) is 5.50. The minimum absolute atomic E-state index is 0.215. The number of amides is 1. The summed E-state index contributed by atoms with van der Waals surface area (Å²) in [6.07, 6.45) is 5.31. The number of carbonyl (C=O) groups excluding carboxylic acids is 1. The van der Waals surface area contributed by atoms with Gasteiger partial charge in [-0.2, -0.15) is 5.10 Å². The van der Waals surface area contributed by atoms with Gasteiger partial charge >= 0.3 is 6.09 Å². The zero-order valence-electron chi connectivity index (χ0n) is 18.1. The third-order valence-electron chi connectivity index (χ3n) is 5.50. The number of aryl methyl sites for hydroxylation is 1. The maximum Gasteiger partial charge on any atom is 0.410 e. The molecule has 29 heavy (non-hydrogen) atoms. The number of benzene rings is 1. The number of ether oxygens (including phenoxy) is 2. The van der Waals surface area contributed by atoms with Crippen LogP contribution in [0, 0.1) is 0 Å². The quantitative estimate of drug-likeness (QED) is 0.596. The SMILES string of the molecule is COCCCn1nc(C2CC2)c2ccc(CN(C(=O)OC(C)(C)C)C3CC3)cc21. The van der Waals surface area contributed by atoms with Gasteiger partial charge in [-0.15, -0.1) is 0 Å². The summed E-state index contributed by atoms with van der Waals surface area (Å²) in [5, 5.41) is 6.18. The Bertz CT molecular complexity index is 875. The van der Waals surface area contributed by atoms with Crippen LogP contribution in [0.4, 0.5) is 4.79 Å². The van der Waals surface area contributed by atoms with Crippen LogP contribution >= 0.6 is 0 Å². The molecule has 0 radical (unpaired) electrons. The largest absolute Gasteiger partial charge is 0.444 e. The Hall–Kier alpha value is -2.08. The first-order chi connectivity index (χ1) is 13.9. The maximum absolute atomic E-state index is 12.7. The molecule has 6 nitrogen and oxygen atoms in total. The van der Waals surface area contributed by atoms with Crippen molar-refractivity contribution in [1.29, 1.82) is 0 Å². The summed E-state index contributed by atoms with van der Waals surface area (Å²) in [6, 6.07) is 6.85. The number of carbonyl (C=O) groups is 1. The molecular formula is C23H33N3O3. The second-order valence-corrected chi connectivity index (χ2v) is 9.42. The lowest BCUT2D eigenvalue weighted by atomic mass is 10.1. The zero-order valence-corrected chi connectivity index (χ0v) is 18.1. The van der Waals surface area contributed by atoms with Crippen LogP contribution in [0.3, 0.4) is 0 Å².